The largest absolute Gasteiger partial charge is 0.113 e. The quantitative estimate of drug-likeness (QED) is 0.582. The second-order valence-corrected chi connectivity index (χ2v) is 6.10. The third kappa shape index (κ3) is 2.90. The second kappa shape index (κ2) is 5.64. The third-order valence-electron chi connectivity index (χ3n) is 3.06. The van der Waals surface area contributed by atoms with Gasteiger partial charge in [0.25, 0.3) is 0 Å². The van der Waals surface area contributed by atoms with Crippen molar-refractivity contribution in [1.29, 1.82) is 0 Å². The maximum atomic E-state index is 6.54. The first-order valence-electron chi connectivity index (χ1n) is 5.65. The maximum absolute atomic E-state index is 6.54. The standard InChI is InChI=1S/C15H13BrCl2/c1-9-3-4-11(7-10(9)2)15(18)13-6-5-12(17)8-14(13)16/h3-8,15H,1-2H3. The van der Waals surface area contributed by atoms with E-state index in [1.165, 1.54) is 11.1 Å². The monoisotopic (exact) mass is 342 g/mol. The van der Waals surface area contributed by atoms with Gasteiger partial charge in [0, 0.05) is 9.50 Å². The molecule has 0 aromatic heterocycles. The van der Waals surface area contributed by atoms with Crippen molar-refractivity contribution in [2.45, 2.75) is 19.2 Å². The summed E-state index contributed by atoms with van der Waals surface area (Å²) >= 11 is 16.0. The molecule has 2 aromatic rings. The molecule has 0 fully saturated rings. The third-order valence-corrected chi connectivity index (χ3v) is 4.47. The van der Waals surface area contributed by atoms with Gasteiger partial charge in [-0.3, -0.25) is 0 Å². The molecule has 0 radical (unpaired) electrons. The van der Waals surface area contributed by atoms with Crippen molar-refractivity contribution in [3.63, 3.8) is 0 Å². The molecule has 1 unspecified atom stereocenters. The molecule has 0 saturated carbocycles. The van der Waals surface area contributed by atoms with E-state index in [4.69, 9.17) is 23.2 Å². The molecule has 0 amide bonds. The number of hydrogen-bond acceptors (Lipinski definition) is 0. The molecule has 0 aliphatic rings. The van der Waals surface area contributed by atoms with Gasteiger partial charge in [0.1, 0.15) is 0 Å². The van der Waals surface area contributed by atoms with Gasteiger partial charge in [-0.05, 0) is 48.2 Å². The van der Waals surface area contributed by atoms with Crippen molar-refractivity contribution < 1.29 is 0 Å². The minimum atomic E-state index is -0.170. The zero-order chi connectivity index (χ0) is 13.3. The molecule has 94 valence electrons. The fourth-order valence-corrected chi connectivity index (χ4v) is 3.18. The van der Waals surface area contributed by atoms with Crippen LogP contribution in [0.1, 0.15) is 27.6 Å². The highest BCUT2D eigenvalue weighted by Gasteiger charge is 2.14. The molecule has 2 rings (SSSR count). The summed E-state index contributed by atoms with van der Waals surface area (Å²) in [6, 6.07) is 12.0. The average molecular weight is 344 g/mol. The molecule has 0 nitrogen and oxygen atoms in total. The van der Waals surface area contributed by atoms with Crippen molar-refractivity contribution in [1.82, 2.24) is 0 Å². The first-order chi connectivity index (χ1) is 8.49. The zero-order valence-corrected chi connectivity index (χ0v) is 13.3. The first kappa shape index (κ1) is 13.9. The molecule has 1 atom stereocenters. The summed E-state index contributed by atoms with van der Waals surface area (Å²) < 4.78 is 0.938. The number of halogens is 3. The predicted molar refractivity (Wildman–Crippen MR) is 82.8 cm³/mol. The van der Waals surface area contributed by atoms with Crippen molar-refractivity contribution in [2.24, 2.45) is 0 Å². The fourth-order valence-electron chi connectivity index (χ4n) is 1.81. The molecule has 0 spiro atoms. The SMILES string of the molecule is Cc1ccc(C(Cl)c2ccc(Cl)cc2Br)cc1C. The van der Waals surface area contributed by atoms with Crippen molar-refractivity contribution in [3.8, 4) is 0 Å². The molecule has 0 aliphatic heterocycles. The lowest BCUT2D eigenvalue weighted by atomic mass is 10.00. The Kier molecular flexibility index (Phi) is 4.37. The number of hydrogen-bond donors (Lipinski definition) is 0. The van der Waals surface area contributed by atoms with E-state index in [2.05, 4.69) is 48.0 Å². The molecule has 0 saturated heterocycles. The first-order valence-corrected chi connectivity index (χ1v) is 7.26. The van der Waals surface area contributed by atoms with Crippen molar-refractivity contribution >= 4 is 39.1 Å². The number of rotatable bonds is 2. The van der Waals surface area contributed by atoms with Crippen LogP contribution in [0.5, 0.6) is 0 Å². The minimum Gasteiger partial charge on any atom is -0.113 e. The number of alkyl halides is 1. The molecular formula is C15H13BrCl2. The van der Waals surface area contributed by atoms with Gasteiger partial charge in [-0.1, -0.05) is 51.8 Å². The van der Waals surface area contributed by atoms with E-state index in [0.29, 0.717) is 5.02 Å². The van der Waals surface area contributed by atoms with Gasteiger partial charge >= 0.3 is 0 Å². The van der Waals surface area contributed by atoms with Crippen molar-refractivity contribution in [3.05, 3.63) is 68.1 Å². The van der Waals surface area contributed by atoms with Crippen LogP contribution in [0.4, 0.5) is 0 Å². The summed E-state index contributed by atoms with van der Waals surface area (Å²) in [5.74, 6) is 0. The van der Waals surface area contributed by atoms with Crippen LogP contribution in [-0.2, 0) is 0 Å². The minimum absolute atomic E-state index is 0.170. The van der Waals surface area contributed by atoms with Crippen LogP contribution >= 0.6 is 39.1 Å². The van der Waals surface area contributed by atoms with Crippen LogP contribution in [0.15, 0.2) is 40.9 Å². The molecule has 18 heavy (non-hydrogen) atoms. The van der Waals surface area contributed by atoms with Crippen LogP contribution in [-0.4, -0.2) is 0 Å². The van der Waals surface area contributed by atoms with Crippen LogP contribution in [0, 0.1) is 13.8 Å². The lowest BCUT2D eigenvalue weighted by Gasteiger charge is -2.14. The Hall–Kier alpha value is -0.500. The van der Waals surface area contributed by atoms with Crippen LogP contribution in [0.3, 0.4) is 0 Å². The Morgan fingerprint density at radius 3 is 2.33 bits per heavy atom. The summed E-state index contributed by atoms with van der Waals surface area (Å²) in [4.78, 5) is 0. The van der Waals surface area contributed by atoms with Crippen LogP contribution in [0.2, 0.25) is 5.02 Å². The molecule has 0 aliphatic carbocycles. The summed E-state index contributed by atoms with van der Waals surface area (Å²) in [5.41, 5.74) is 4.66. The van der Waals surface area contributed by atoms with E-state index in [9.17, 15) is 0 Å². The smallest absolute Gasteiger partial charge is 0.0846 e. The van der Waals surface area contributed by atoms with Gasteiger partial charge in [-0.2, -0.15) is 0 Å². The van der Waals surface area contributed by atoms with Gasteiger partial charge < -0.3 is 0 Å². The average Bonchev–Trinajstić information content (AvgIpc) is 2.32. The Labute approximate surface area is 126 Å². The van der Waals surface area contributed by atoms with E-state index in [1.807, 2.05) is 18.2 Å². The van der Waals surface area contributed by atoms with Gasteiger partial charge in [-0.25, -0.2) is 0 Å². The normalized spacial score (nSPS) is 12.5. The molecule has 0 heterocycles. The van der Waals surface area contributed by atoms with Crippen molar-refractivity contribution in [2.75, 3.05) is 0 Å². The molecule has 0 bridgehead atoms. The van der Waals surface area contributed by atoms with Gasteiger partial charge in [0.15, 0.2) is 0 Å². The van der Waals surface area contributed by atoms with Gasteiger partial charge in [0.05, 0.1) is 5.38 Å². The molecular weight excluding hydrogens is 331 g/mol. The highest BCUT2D eigenvalue weighted by molar-refractivity contribution is 9.10. The maximum Gasteiger partial charge on any atom is 0.0846 e. The second-order valence-electron chi connectivity index (χ2n) is 4.37. The van der Waals surface area contributed by atoms with E-state index in [-0.39, 0.29) is 5.38 Å². The van der Waals surface area contributed by atoms with Gasteiger partial charge in [0.2, 0.25) is 0 Å². The number of aryl methyl sites for hydroxylation is 2. The lowest BCUT2D eigenvalue weighted by Crippen LogP contribution is -1.96. The Morgan fingerprint density at radius 1 is 1.00 bits per heavy atom. The van der Waals surface area contributed by atoms with E-state index in [1.54, 1.807) is 0 Å². The Morgan fingerprint density at radius 2 is 1.72 bits per heavy atom. The molecule has 0 N–H and O–H groups in total. The van der Waals surface area contributed by atoms with Crippen LogP contribution in [0.25, 0.3) is 0 Å². The number of benzene rings is 2. The summed E-state index contributed by atoms with van der Waals surface area (Å²) in [7, 11) is 0. The highest BCUT2D eigenvalue weighted by Crippen LogP contribution is 2.35. The van der Waals surface area contributed by atoms with E-state index in [0.717, 1.165) is 15.6 Å². The Bertz CT molecular complexity index is 579. The predicted octanol–water partition coefficient (Wildman–Crippen LogP) is 6.05. The zero-order valence-electron chi connectivity index (χ0n) is 10.2. The highest BCUT2D eigenvalue weighted by atomic mass is 79.9. The topological polar surface area (TPSA) is 0 Å². The molecule has 3 heteroatoms. The van der Waals surface area contributed by atoms with E-state index < -0.39 is 0 Å². The fraction of sp³-hybridized carbons (Fsp3) is 0.200. The van der Waals surface area contributed by atoms with Crippen LogP contribution < -0.4 is 0 Å². The summed E-state index contributed by atoms with van der Waals surface area (Å²) in [5, 5.41) is 0.533. The van der Waals surface area contributed by atoms with E-state index >= 15 is 0 Å². The Balaban J connectivity index is 2.41. The summed E-state index contributed by atoms with van der Waals surface area (Å²) in [6.07, 6.45) is 0. The van der Waals surface area contributed by atoms with Gasteiger partial charge in [-0.15, -0.1) is 11.6 Å². The lowest BCUT2D eigenvalue weighted by molar-refractivity contribution is 1.11. The summed E-state index contributed by atoms with van der Waals surface area (Å²) in [6.45, 7) is 4.19. The molecule has 2 aromatic carbocycles.